The molecule has 4 N–H and O–H groups in total. The Morgan fingerprint density at radius 2 is 1.97 bits per heavy atom. The van der Waals surface area contributed by atoms with E-state index in [1.165, 1.54) is 20.0 Å². The molecule has 8 heteroatoms. The third-order valence-electron chi connectivity index (χ3n) is 7.85. The van der Waals surface area contributed by atoms with Gasteiger partial charge in [-0.15, -0.1) is 0 Å². The van der Waals surface area contributed by atoms with Gasteiger partial charge in [-0.1, -0.05) is 17.7 Å². The van der Waals surface area contributed by atoms with Crippen molar-refractivity contribution in [2.45, 2.75) is 51.1 Å². The highest BCUT2D eigenvalue weighted by Gasteiger charge is 2.27. The molecule has 1 aliphatic carbocycles. The molecule has 0 radical (unpaired) electrons. The highest BCUT2D eigenvalue weighted by molar-refractivity contribution is 6.32. The molecule has 1 aliphatic heterocycles. The summed E-state index contributed by atoms with van der Waals surface area (Å²) in [5, 5.41) is 15.0. The van der Waals surface area contributed by atoms with Gasteiger partial charge in [0.2, 0.25) is 0 Å². The van der Waals surface area contributed by atoms with Gasteiger partial charge in [0.25, 0.3) is 0 Å². The highest BCUT2D eigenvalue weighted by Crippen LogP contribution is 2.40. The van der Waals surface area contributed by atoms with E-state index in [-0.39, 0.29) is 16.6 Å². The van der Waals surface area contributed by atoms with E-state index in [9.17, 15) is 9.90 Å². The van der Waals surface area contributed by atoms with Crippen molar-refractivity contribution in [3.8, 4) is 22.6 Å². The third-order valence-corrected chi connectivity index (χ3v) is 8.14. The van der Waals surface area contributed by atoms with Crippen LogP contribution in [0.2, 0.25) is 5.02 Å². The van der Waals surface area contributed by atoms with Gasteiger partial charge in [0.05, 0.1) is 28.9 Å². The van der Waals surface area contributed by atoms with Crippen molar-refractivity contribution < 1.29 is 14.6 Å². The van der Waals surface area contributed by atoms with Crippen molar-refractivity contribution in [2.75, 3.05) is 32.1 Å². The Morgan fingerprint density at radius 1 is 1.19 bits per heavy atom. The summed E-state index contributed by atoms with van der Waals surface area (Å²) in [4.78, 5) is 19.7. The normalized spacial score (nSPS) is 22.3. The van der Waals surface area contributed by atoms with E-state index in [2.05, 4.69) is 15.2 Å². The van der Waals surface area contributed by atoms with Crippen LogP contribution in [0.4, 0.5) is 5.69 Å². The van der Waals surface area contributed by atoms with Crippen molar-refractivity contribution in [2.24, 2.45) is 11.7 Å². The van der Waals surface area contributed by atoms with Gasteiger partial charge in [0.15, 0.2) is 17.3 Å². The van der Waals surface area contributed by atoms with Crippen LogP contribution in [0.15, 0.2) is 36.5 Å². The monoisotopic (exact) mass is 522 g/mol. The molecule has 1 atom stereocenters. The third kappa shape index (κ3) is 5.54. The molecule has 0 spiro atoms. The number of hydrogen-bond acceptors (Lipinski definition) is 7. The van der Waals surface area contributed by atoms with Crippen molar-refractivity contribution in [3.05, 3.63) is 47.1 Å². The first-order valence-corrected chi connectivity index (χ1v) is 13.4. The van der Waals surface area contributed by atoms with Gasteiger partial charge >= 0.3 is 0 Å². The fourth-order valence-corrected chi connectivity index (χ4v) is 5.99. The van der Waals surface area contributed by atoms with Crippen LogP contribution in [0.25, 0.3) is 22.0 Å². The largest absolute Gasteiger partial charge is 0.503 e. The Labute approximate surface area is 223 Å². The van der Waals surface area contributed by atoms with Gasteiger partial charge < -0.3 is 25.8 Å². The van der Waals surface area contributed by atoms with Crippen molar-refractivity contribution in [1.29, 1.82) is 0 Å². The van der Waals surface area contributed by atoms with E-state index in [4.69, 9.17) is 22.1 Å². The first kappa shape index (κ1) is 25.8. The number of pyridine rings is 1. The minimum absolute atomic E-state index is 0.0179. The van der Waals surface area contributed by atoms with Crippen LogP contribution in [0, 0.1) is 5.92 Å². The molecule has 3 aromatic rings. The molecule has 2 fully saturated rings. The number of Topliss-reactive ketones (excluding diaryl/α,β-unsaturated/α-hetero) is 1. The number of carbonyl (C=O) groups is 1. The molecule has 7 nitrogen and oxygen atoms in total. The molecule has 2 aliphatic rings. The molecule has 2 heterocycles. The van der Waals surface area contributed by atoms with E-state index in [0.29, 0.717) is 29.3 Å². The van der Waals surface area contributed by atoms with Crippen LogP contribution >= 0.6 is 11.6 Å². The minimum Gasteiger partial charge on any atom is -0.503 e. The number of phenols is 1. The van der Waals surface area contributed by atoms with Gasteiger partial charge in [0.1, 0.15) is 0 Å². The topological polar surface area (TPSA) is 101 Å². The fourth-order valence-electron chi connectivity index (χ4n) is 5.78. The number of nitrogens with one attached hydrogen (secondary N) is 1. The fraction of sp³-hybridized carbons (Fsp3) is 0.448. The molecule has 0 amide bonds. The first-order valence-electron chi connectivity index (χ1n) is 13.1. The molecule has 2 aromatic carbocycles. The van der Waals surface area contributed by atoms with Gasteiger partial charge in [0, 0.05) is 36.8 Å². The number of methoxy groups -OCH3 is 1. The average molecular weight is 523 g/mol. The summed E-state index contributed by atoms with van der Waals surface area (Å²) in [5.41, 5.74) is 10.0. The zero-order valence-corrected chi connectivity index (χ0v) is 22.2. The molecule has 5 rings (SSSR count). The van der Waals surface area contributed by atoms with Crippen molar-refractivity contribution >= 4 is 34.0 Å². The van der Waals surface area contributed by atoms with E-state index in [1.54, 1.807) is 25.3 Å². The Balaban J connectivity index is 1.41. The smallest absolute Gasteiger partial charge is 0.176 e. The number of anilines is 1. The number of nitrogens with two attached hydrogens (primary N) is 1. The second kappa shape index (κ2) is 10.9. The predicted octanol–water partition coefficient (Wildman–Crippen LogP) is 5.48. The molecule has 1 saturated carbocycles. The van der Waals surface area contributed by atoms with Crippen LogP contribution in [0.5, 0.6) is 11.5 Å². The van der Waals surface area contributed by atoms with E-state index >= 15 is 0 Å². The molecule has 1 aromatic heterocycles. The Bertz CT molecular complexity index is 1310. The number of aromatic nitrogens is 1. The molecule has 37 heavy (non-hydrogen) atoms. The maximum Gasteiger partial charge on any atom is 0.176 e. The zero-order valence-electron chi connectivity index (χ0n) is 21.5. The van der Waals surface area contributed by atoms with Gasteiger partial charge in [-0.25, -0.2) is 0 Å². The first-order chi connectivity index (χ1) is 17.8. The number of phenolic OH excluding ortho intramolecular Hbond substituents is 1. The van der Waals surface area contributed by atoms with Crippen LogP contribution in [-0.2, 0) is 0 Å². The number of ether oxygens (including phenoxy) is 1. The summed E-state index contributed by atoms with van der Waals surface area (Å²) in [7, 11) is 1.50. The number of hydrogen-bond donors (Lipinski definition) is 3. The maximum atomic E-state index is 12.6. The number of halogens is 1. The van der Waals surface area contributed by atoms with Crippen LogP contribution < -0.4 is 15.8 Å². The summed E-state index contributed by atoms with van der Waals surface area (Å²) in [6.45, 7) is 4.85. The van der Waals surface area contributed by atoms with Crippen LogP contribution in [0.1, 0.15) is 49.4 Å². The molecule has 0 bridgehead atoms. The lowest BCUT2D eigenvalue weighted by atomic mass is 9.85. The van der Waals surface area contributed by atoms with Crippen molar-refractivity contribution in [3.63, 3.8) is 0 Å². The summed E-state index contributed by atoms with van der Waals surface area (Å²) in [6.07, 6.45) is 7.24. The lowest BCUT2D eigenvalue weighted by Crippen LogP contribution is -2.34. The second-order valence-electron chi connectivity index (χ2n) is 10.5. The summed E-state index contributed by atoms with van der Waals surface area (Å²) in [6, 6.07) is 10.0. The number of likely N-dealkylation sites (tertiary alicyclic amines) is 1. The standard InChI is InChI=1S/C29H35ClN4O3/c1-17(35)24-14-32-26-8-5-19(20-12-25(30)29(36)27(13-20)37-2)11-23(26)28(24)33-22-6-3-18(4-7-22)15-34-10-9-21(31)16-34/h5,8,11-14,18,21-22,36H,3-4,6-7,9-10,15-16,31H2,1-2H3,(H,32,33)/t18-,21?,22-. The quantitative estimate of drug-likeness (QED) is 0.353. The zero-order chi connectivity index (χ0) is 26.1. The van der Waals surface area contributed by atoms with E-state index in [1.807, 2.05) is 18.2 Å². The number of benzene rings is 2. The number of carbonyl (C=O) groups excluding carboxylic acids is 1. The number of fused-ring (bicyclic) bond motifs is 1. The van der Waals surface area contributed by atoms with Crippen LogP contribution in [0.3, 0.4) is 0 Å². The number of nitrogens with zero attached hydrogens (tertiary/aromatic N) is 2. The minimum atomic E-state index is -0.0835. The van der Waals surface area contributed by atoms with E-state index < -0.39 is 0 Å². The number of rotatable bonds is 7. The lowest BCUT2D eigenvalue weighted by Gasteiger charge is -2.32. The van der Waals surface area contributed by atoms with Gasteiger partial charge in [-0.3, -0.25) is 9.78 Å². The predicted molar refractivity (Wildman–Crippen MR) is 149 cm³/mol. The molecular weight excluding hydrogens is 488 g/mol. The summed E-state index contributed by atoms with van der Waals surface area (Å²) >= 11 is 6.26. The Hall–Kier alpha value is -2.87. The maximum absolute atomic E-state index is 12.6. The van der Waals surface area contributed by atoms with Crippen molar-refractivity contribution in [1.82, 2.24) is 9.88 Å². The average Bonchev–Trinajstić information content (AvgIpc) is 3.30. The van der Waals surface area contributed by atoms with Gasteiger partial charge in [-0.05, 0) is 86.9 Å². The SMILES string of the molecule is COc1cc(-c2ccc3ncc(C(C)=O)c(N[C@H]4CC[C@H](CN5CCC(N)C5)CC4)c3c2)cc(Cl)c1O. The lowest BCUT2D eigenvalue weighted by molar-refractivity contribution is 0.101. The Kier molecular flexibility index (Phi) is 7.56. The summed E-state index contributed by atoms with van der Waals surface area (Å²) in [5.74, 6) is 0.908. The molecule has 1 saturated heterocycles. The molecule has 196 valence electrons. The Morgan fingerprint density at radius 3 is 2.65 bits per heavy atom. The summed E-state index contributed by atoms with van der Waals surface area (Å²) < 4.78 is 5.29. The van der Waals surface area contributed by atoms with Gasteiger partial charge in [-0.2, -0.15) is 0 Å². The van der Waals surface area contributed by atoms with E-state index in [0.717, 1.165) is 66.6 Å². The highest BCUT2D eigenvalue weighted by atomic mass is 35.5. The number of aromatic hydroxyl groups is 1. The number of ketones is 1. The second-order valence-corrected chi connectivity index (χ2v) is 10.9. The van der Waals surface area contributed by atoms with Crippen LogP contribution in [-0.4, -0.2) is 59.6 Å². The molecule has 1 unspecified atom stereocenters. The molecular formula is C29H35ClN4O3.